The van der Waals surface area contributed by atoms with E-state index >= 15 is 0 Å². The number of aryl methyl sites for hydroxylation is 1. The molecule has 1 aliphatic rings. The number of benzene rings is 1. The molecular weight excluding hydrogens is 487 g/mol. The van der Waals surface area contributed by atoms with Crippen molar-refractivity contribution in [1.29, 1.82) is 0 Å². The number of piperidine rings is 1. The van der Waals surface area contributed by atoms with Crippen LogP contribution in [-0.4, -0.2) is 45.3 Å². The first-order chi connectivity index (χ1) is 14.1. The van der Waals surface area contributed by atoms with Gasteiger partial charge in [-0.05, 0) is 37.2 Å². The lowest BCUT2D eigenvalue weighted by Crippen LogP contribution is -2.48. The Balaban J connectivity index is 0.00000320. The number of aliphatic imine (C=N–C) groups is 1. The molecule has 0 amide bonds. The van der Waals surface area contributed by atoms with Gasteiger partial charge in [-0.15, -0.1) is 34.2 Å². The molecule has 1 aliphatic heterocycles. The lowest BCUT2D eigenvalue weighted by atomic mass is 9.79. The van der Waals surface area contributed by atoms with Crippen LogP contribution in [0, 0.1) is 12.8 Å². The Morgan fingerprint density at radius 1 is 1.20 bits per heavy atom. The molecule has 0 saturated carbocycles. The molecule has 1 aromatic heterocycles. The highest BCUT2D eigenvalue weighted by molar-refractivity contribution is 14.0. The summed E-state index contributed by atoms with van der Waals surface area (Å²) in [5.74, 6) is 4.12. The van der Waals surface area contributed by atoms with Crippen LogP contribution < -0.4 is 5.32 Å². The minimum atomic E-state index is 0. The summed E-state index contributed by atoms with van der Waals surface area (Å²) in [6, 6.07) is 11.0. The fourth-order valence-electron chi connectivity index (χ4n) is 4.16. The van der Waals surface area contributed by atoms with Crippen molar-refractivity contribution in [2.45, 2.75) is 58.9 Å². The van der Waals surface area contributed by atoms with E-state index in [4.69, 9.17) is 4.99 Å². The summed E-state index contributed by atoms with van der Waals surface area (Å²) in [6.45, 7) is 10.1. The molecule has 1 fully saturated rings. The summed E-state index contributed by atoms with van der Waals surface area (Å²) in [5.41, 5.74) is 1.48. The van der Waals surface area contributed by atoms with E-state index in [-0.39, 0.29) is 24.0 Å². The smallest absolute Gasteiger partial charge is 0.194 e. The first kappa shape index (κ1) is 24.6. The Hall–Kier alpha value is -1.64. The van der Waals surface area contributed by atoms with Crippen LogP contribution in [0.25, 0.3) is 0 Å². The third-order valence-corrected chi connectivity index (χ3v) is 6.15. The van der Waals surface area contributed by atoms with Crippen molar-refractivity contribution < 1.29 is 0 Å². The number of rotatable bonds is 7. The van der Waals surface area contributed by atoms with Gasteiger partial charge in [-0.3, -0.25) is 0 Å². The third kappa shape index (κ3) is 6.18. The Morgan fingerprint density at radius 2 is 1.97 bits per heavy atom. The molecule has 0 spiro atoms. The number of guanidine groups is 1. The van der Waals surface area contributed by atoms with E-state index in [1.807, 2.05) is 18.5 Å². The molecule has 30 heavy (non-hydrogen) atoms. The minimum absolute atomic E-state index is 0. The highest BCUT2D eigenvalue weighted by atomic mass is 127. The molecule has 2 heterocycles. The van der Waals surface area contributed by atoms with Crippen molar-refractivity contribution in [2.75, 3.05) is 19.6 Å². The minimum Gasteiger partial charge on any atom is -0.356 e. The van der Waals surface area contributed by atoms with Crippen LogP contribution in [0.1, 0.15) is 62.7 Å². The standard InChI is InChI=1S/C23H36N6.HI/c1-5-7-14-24-23(25-16-22-27-26-18(3)28(22)4)29-15-13-21(19(6-2)17-29)20-11-9-8-10-12-20;/h8-12,19,21H,5-7,13-17H2,1-4H3,(H,24,25);1H. The molecule has 1 saturated heterocycles. The second-order valence-electron chi connectivity index (χ2n) is 8.06. The van der Waals surface area contributed by atoms with Gasteiger partial charge in [0.05, 0.1) is 0 Å². The first-order valence-electron chi connectivity index (χ1n) is 11.1. The van der Waals surface area contributed by atoms with E-state index in [0.717, 1.165) is 43.7 Å². The summed E-state index contributed by atoms with van der Waals surface area (Å²) in [6.07, 6.45) is 4.68. The number of nitrogens with zero attached hydrogens (tertiary/aromatic N) is 5. The molecule has 0 bridgehead atoms. The maximum absolute atomic E-state index is 4.94. The molecule has 2 aromatic rings. The monoisotopic (exact) mass is 524 g/mol. The fraction of sp³-hybridized carbons (Fsp3) is 0.609. The van der Waals surface area contributed by atoms with E-state index in [2.05, 4.69) is 64.6 Å². The number of aromatic nitrogens is 3. The Kier molecular flexibility index (Phi) is 10.1. The largest absolute Gasteiger partial charge is 0.356 e. The Morgan fingerprint density at radius 3 is 2.60 bits per heavy atom. The molecular formula is C23H37IN6. The van der Waals surface area contributed by atoms with Gasteiger partial charge in [-0.1, -0.05) is 57.0 Å². The maximum atomic E-state index is 4.94. The van der Waals surface area contributed by atoms with E-state index in [1.54, 1.807) is 0 Å². The zero-order valence-corrected chi connectivity index (χ0v) is 21.2. The van der Waals surface area contributed by atoms with Crippen molar-refractivity contribution in [3.8, 4) is 0 Å². The number of halogens is 1. The van der Waals surface area contributed by atoms with Gasteiger partial charge in [0.2, 0.25) is 0 Å². The summed E-state index contributed by atoms with van der Waals surface area (Å²) < 4.78 is 2.02. The van der Waals surface area contributed by atoms with E-state index in [9.17, 15) is 0 Å². The molecule has 6 nitrogen and oxygen atoms in total. The van der Waals surface area contributed by atoms with Crippen LogP contribution in [0.15, 0.2) is 35.3 Å². The van der Waals surface area contributed by atoms with Gasteiger partial charge in [-0.25, -0.2) is 4.99 Å². The van der Waals surface area contributed by atoms with Gasteiger partial charge in [0, 0.05) is 26.7 Å². The molecule has 1 aromatic carbocycles. The SMILES string of the molecule is CCCCNC(=NCc1nnc(C)n1C)N1CCC(c2ccccc2)C(CC)C1.I. The summed E-state index contributed by atoms with van der Waals surface area (Å²) in [4.78, 5) is 7.39. The Bertz CT molecular complexity index is 788. The Labute approximate surface area is 198 Å². The molecule has 2 unspecified atom stereocenters. The second kappa shape index (κ2) is 12.3. The molecule has 0 radical (unpaired) electrons. The average Bonchev–Trinajstić information content (AvgIpc) is 3.08. The molecule has 3 rings (SSSR count). The maximum Gasteiger partial charge on any atom is 0.194 e. The average molecular weight is 524 g/mol. The second-order valence-corrected chi connectivity index (χ2v) is 8.06. The number of nitrogens with one attached hydrogen (secondary N) is 1. The number of unbranched alkanes of at least 4 members (excludes halogenated alkanes) is 1. The van der Waals surface area contributed by atoms with Gasteiger partial charge < -0.3 is 14.8 Å². The summed E-state index contributed by atoms with van der Waals surface area (Å²) >= 11 is 0. The lowest BCUT2D eigenvalue weighted by Gasteiger charge is -2.40. The highest BCUT2D eigenvalue weighted by Crippen LogP contribution is 2.34. The fourth-order valence-corrected chi connectivity index (χ4v) is 4.16. The lowest BCUT2D eigenvalue weighted by molar-refractivity contribution is 0.215. The van der Waals surface area contributed by atoms with Crippen LogP contribution >= 0.6 is 24.0 Å². The predicted octanol–water partition coefficient (Wildman–Crippen LogP) is 4.50. The summed E-state index contributed by atoms with van der Waals surface area (Å²) in [7, 11) is 2.00. The normalized spacial score (nSPS) is 19.5. The third-order valence-electron chi connectivity index (χ3n) is 6.15. The van der Waals surface area contributed by atoms with Crippen LogP contribution in [0.5, 0.6) is 0 Å². The first-order valence-corrected chi connectivity index (χ1v) is 11.1. The van der Waals surface area contributed by atoms with Crippen molar-refractivity contribution in [3.05, 3.63) is 47.5 Å². The molecule has 7 heteroatoms. The zero-order valence-electron chi connectivity index (χ0n) is 18.8. The van der Waals surface area contributed by atoms with Gasteiger partial charge in [0.25, 0.3) is 0 Å². The molecule has 0 aliphatic carbocycles. The van der Waals surface area contributed by atoms with Crippen molar-refractivity contribution in [3.63, 3.8) is 0 Å². The number of likely N-dealkylation sites (tertiary alicyclic amines) is 1. The van der Waals surface area contributed by atoms with Gasteiger partial charge in [0.15, 0.2) is 11.8 Å². The van der Waals surface area contributed by atoms with Crippen molar-refractivity contribution >= 4 is 29.9 Å². The topological polar surface area (TPSA) is 58.3 Å². The van der Waals surface area contributed by atoms with E-state index < -0.39 is 0 Å². The molecule has 2 atom stereocenters. The highest BCUT2D eigenvalue weighted by Gasteiger charge is 2.30. The van der Waals surface area contributed by atoms with Crippen LogP contribution in [0.3, 0.4) is 0 Å². The number of hydrogen-bond donors (Lipinski definition) is 1. The van der Waals surface area contributed by atoms with Crippen molar-refractivity contribution in [2.24, 2.45) is 18.0 Å². The van der Waals surface area contributed by atoms with Crippen LogP contribution in [0.2, 0.25) is 0 Å². The van der Waals surface area contributed by atoms with Gasteiger partial charge in [0.1, 0.15) is 12.4 Å². The van der Waals surface area contributed by atoms with Crippen molar-refractivity contribution in [1.82, 2.24) is 25.0 Å². The van der Waals surface area contributed by atoms with Gasteiger partial charge in [-0.2, -0.15) is 0 Å². The number of hydrogen-bond acceptors (Lipinski definition) is 3. The quantitative estimate of drug-likeness (QED) is 0.251. The molecule has 1 N–H and O–H groups in total. The van der Waals surface area contributed by atoms with E-state index in [0.29, 0.717) is 18.4 Å². The van der Waals surface area contributed by atoms with E-state index in [1.165, 1.54) is 24.8 Å². The summed E-state index contributed by atoms with van der Waals surface area (Å²) in [5, 5.41) is 12.0. The van der Waals surface area contributed by atoms with Gasteiger partial charge >= 0.3 is 0 Å². The zero-order chi connectivity index (χ0) is 20.6. The van der Waals surface area contributed by atoms with Crippen LogP contribution in [0.4, 0.5) is 0 Å². The predicted molar refractivity (Wildman–Crippen MR) is 134 cm³/mol. The molecule has 166 valence electrons. The van der Waals surface area contributed by atoms with Crippen LogP contribution in [-0.2, 0) is 13.6 Å².